The van der Waals surface area contributed by atoms with Crippen LogP contribution in [-0.2, 0) is 6.18 Å². The minimum absolute atomic E-state index is 0.0291. The van der Waals surface area contributed by atoms with Crippen LogP contribution in [0, 0.1) is 5.82 Å². The third kappa shape index (κ3) is 4.77. The van der Waals surface area contributed by atoms with Crippen LogP contribution >= 0.6 is 11.3 Å². The Hall–Kier alpha value is -4.00. The van der Waals surface area contributed by atoms with E-state index in [-0.39, 0.29) is 33.6 Å². The molecule has 8 nitrogen and oxygen atoms in total. The van der Waals surface area contributed by atoms with Crippen LogP contribution in [-0.4, -0.2) is 37.9 Å². The Morgan fingerprint density at radius 1 is 1.21 bits per heavy atom. The number of nitrogens with one attached hydrogen (secondary N) is 1. The molecular weight excluding hydrogens is 466 g/mol. The first-order valence-corrected chi connectivity index (χ1v) is 9.91. The topological polar surface area (TPSA) is 102 Å². The highest BCUT2D eigenvalue weighted by Gasteiger charge is 2.34. The average Bonchev–Trinajstić information content (AvgIpc) is 3.43. The fourth-order valence-electron chi connectivity index (χ4n) is 2.85. The Balaban J connectivity index is 1.80. The van der Waals surface area contributed by atoms with Crippen molar-refractivity contribution >= 4 is 28.9 Å². The number of alkyl halides is 3. The van der Waals surface area contributed by atoms with Crippen molar-refractivity contribution in [2.24, 2.45) is 0 Å². The highest BCUT2D eigenvalue weighted by atomic mass is 32.1. The molecule has 4 aromatic rings. The van der Waals surface area contributed by atoms with E-state index in [1.807, 2.05) is 0 Å². The number of aromatic nitrogens is 4. The maximum Gasteiger partial charge on any atom is 0.435 e. The van der Waals surface area contributed by atoms with E-state index in [1.165, 1.54) is 37.6 Å². The summed E-state index contributed by atoms with van der Waals surface area (Å²) in [4.78, 5) is 20.1. The van der Waals surface area contributed by atoms with Crippen molar-refractivity contribution in [3.63, 3.8) is 0 Å². The molecule has 13 heteroatoms. The molecule has 0 aliphatic rings. The molecule has 170 valence electrons. The van der Waals surface area contributed by atoms with Crippen LogP contribution in [0.2, 0.25) is 0 Å². The largest absolute Gasteiger partial charge is 0.497 e. The van der Waals surface area contributed by atoms with E-state index in [0.29, 0.717) is 4.88 Å². The van der Waals surface area contributed by atoms with Crippen molar-refractivity contribution in [1.82, 2.24) is 19.7 Å². The summed E-state index contributed by atoms with van der Waals surface area (Å²) in [5.74, 6) is -1.59. The minimum atomic E-state index is -4.67. The van der Waals surface area contributed by atoms with Crippen molar-refractivity contribution < 1.29 is 32.2 Å². The van der Waals surface area contributed by atoms with Crippen molar-refractivity contribution in [2.75, 3.05) is 12.4 Å². The fourth-order valence-corrected chi connectivity index (χ4v) is 3.70. The first-order chi connectivity index (χ1) is 15.6. The van der Waals surface area contributed by atoms with Gasteiger partial charge in [-0.25, -0.2) is 18.9 Å². The zero-order valence-electron chi connectivity index (χ0n) is 16.6. The third-order valence-corrected chi connectivity index (χ3v) is 5.42. The second-order valence-corrected chi connectivity index (χ2v) is 7.63. The number of hydrogen-bond acceptors (Lipinski definition) is 7. The van der Waals surface area contributed by atoms with E-state index in [2.05, 4.69) is 20.4 Å². The quantitative estimate of drug-likeness (QED) is 0.375. The number of hydrogen-bond donors (Lipinski definition) is 2. The van der Waals surface area contributed by atoms with Gasteiger partial charge in [-0.05, 0) is 24.3 Å². The maximum atomic E-state index is 13.8. The van der Waals surface area contributed by atoms with Gasteiger partial charge in [-0.15, -0.1) is 11.3 Å². The number of carbonyl (C=O) groups is 1. The fraction of sp³-hybridized carbons (Fsp3) is 0.100. The lowest BCUT2D eigenvalue weighted by Gasteiger charge is -2.11. The van der Waals surface area contributed by atoms with Gasteiger partial charge in [-0.2, -0.15) is 23.3 Å². The van der Waals surface area contributed by atoms with Crippen LogP contribution in [0.1, 0.15) is 15.4 Å². The zero-order chi connectivity index (χ0) is 23.8. The Morgan fingerprint density at radius 2 is 2.00 bits per heavy atom. The summed E-state index contributed by atoms with van der Waals surface area (Å²) in [6.07, 6.45) is -2.28. The van der Waals surface area contributed by atoms with E-state index in [4.69, 9.17) is 4.74 Å². The molecule has 0 unspecified atom stereocenters. The third-order valence-electron chi connectivity index (χ3n) is 4.31. The van der Waals surface area contributed by atoms with E-state index in [9.17, 15) is 27.5 Å². The Morgan fingerprint density at radius 3 is 2.64 bits per heavy atom. The SMILES string of the molecule is COc1cc(F)cc(Nc2ncc(-c3ccc(C(=O)O)s3)c(-n3ccc(C(F)(F)F)n3)n2)c1. The number of nitrogens with zero attached hydrogens (tertiary/aromatic N) is 4. The number of benzene rings is 1. The molecule has 33 heavy (non-hydrogen) atoms. The molecule has 0 atom stereocenters. The molecule has 4 rings (SSSR count). The molecule has 0 aliphatic heterocycles. The van der Waals surface area contributed by atoms with Gasteiger partial charge in [0.05, 0.1) is 12.7 Å². The molecule has 0 fully saturated rings. The van der Waals surface area contributed by atoms with Crippen LogP contribution in [0.5, 0.6) is 5.75 Å². The first kappa shape index (κ1) is 22.2. The second-order valence-electron chi connectivity index (χ2n) is 6.55. The number of ether oxygens (including phenoxy) is 1. The summed E-state index contributed by atoms with van der Waals surface area (Å²) in [5.41, 5.74) is -0.633. The van der Waals surface area contributed by atoms with Crippen LogP contribution < -0.4 is 10.1 Å². The second kappa shape index (κ2) is 8.50. The van der Waals surface area contributed by atoms with Crippen molar-refractivity contribution in [3.05, 3.63) is 65.2 Å². The lowest BCUT2D eigenvalue weighted by atomic mass is 10.2. The summed E-state index contributed by atoms with van der Waals surface area (Å²) < 4.78 is 59.0. The van der Waals surface area contributed by atoms with Crippen LogP contribution in [0.4, 0.5) is 29.2 Å². The first-order valence-electron chi connectivity index (χ1n) is 9.09. The van der Waals surface area contributed by atoms with Gasteiger partial charge in [0.15, 0.2) is 11.5 Å². The number of methoxy groups -OCH3 is 1. The molecular formula is C20H13F4N5O3S. The van der Waals surface area contributed by atoms with Crippen molar-refractivity contribution in [2.45, 2.75) is 6.18 Å². The van der Waals surface area contributed by atoms with Gasteiger partial charge in [0.25, 0.3) is 0 Å². The van der Waals surface area contributed by atoms with Gasteiger partial charge in [-0.1, -0.05) is 0 Å². The van der Waals surface area contributed by atoms with Gasteiger partial charge >= 0.3 is 12.1 Å². The van der Waals surface area contributed by atoms with Gasteiger partial charge < -0.3 is 15.2 Å². The number of halogens is 4. The van der Waals surface area contributed by atoms with E-state index >= 15 is 0 Å². The van der Waals surface area contributed by atoms with E-state index in [0.717, 1.165) is 34.3 Å². The highest BCUT2D eigenvalue weighted by Crippen LogP contribution is 2.34. The van der Waals surface area contributed by atoms with Gasteiger partial charge in [0, 0.05) is 35.1 Å². The van der Waals surface area contributed by atoms with Gasteiger partial charge in [0.1, 0.15) is 16.4 Å². The lowest BCUT2D eigenvalue weighted by molar-refractivity contribution is -0.141. The van der Waals surface area contributed by atoms with Crippen LogP contribution in [0.3, 0.4) is 0 Å². The Labute approximate surface area is 187 Å². The Bertz CT molecular complexity index is 1340. The Kier molecular flexibility index (Phi) is 5.72. The van der Waals surface area contributed by atoms with Gasteiger partial charge in [0.2, 0.25) is 5.95 Å². The van der Waals surface area contributed by atoms with Crippen molar-refractivity contribution in [1.29, 1.82) is 0 Å². The number of thiophene rings is 1. The standard InChI is InChI=1S/C20H13F4N5O3S/c1-32-12-7-10(21)6-11(8-12)26-19-25-9-13(14-2-3-15(33-14)18(30)31)17(27-19)29-5-4-16(28-29)20(22,23)24/h2-9H,1H3,(H,30,31)(H,25,26,27). The smallest absolute Gasteiger partial charge is 0.435 e. The molecule has 3 aromatic heterocycles. The molecule has 2 N–H and O–H groups in total. The summed E-state index contributed by atoms with van der Waals surface area (Å²) >= 11 is 0.903. The lowest BCUT2D eigenvalue weighted by Crippen LogP contribution is -2.09. The zero-order valence-corrected chi connectivity index (χ0v) is 17.4. The van der Waals surface area contributed by atoms with Crippen LogP contribution in [0.25, 0.3) is 16.3 Å². The molecule has 0 saturated heterocycles. The summed E-state index contributed by atoms with van der Waals surface area (Å²) in [5, 5.41) is 15.5. The maximum absolute atomic E-state index is 13.8. The molecule has 0 radical (unpaired) electrons. The highest BCUT2D eigenvalue weighted by molar-refractivity contribution is 7.17. The van der Waals surface area contributed by atoms with E-state index < -0.39 is 23.7 Å². The summed E-state index contributed by atoms with van der Waals surface area (Å²) in [6.45, 7) is 0. The minimum Gasteiger partial charge on any atom is -0.497 e. The molecule has 3 heterocycles. The number of aromatic carboxylic acids is 1. The number of carboxylic acids is 1. The monoisotopic (exact) mass is 479 g/mol. The van der Waals surface area contributed by atoms with E-state index in [1.54, 1.807) is 0 Å². The molecule has 0 aliphatic carbocycles. The molecule has 0 saturated carbocycles. The van der Waals surface area contributed by atoms with Crippen LogP contribution in [0.15, 0.2) is 48.8 Å². The van der Waals surface area contributed by atoms with Crippen molar-refractivity contribution in [3.8, 4) is 22.0 Å². The predicted octanol–water partition coefficient (Wildman–Crippen LogP) is 5.00. The summed E-state index contributed by atoms with van der Waals surface area (Å²) in [7, 11) is 1.37. The molecule has 0 amide bonds. The normalized spacial score (nSPS) is 11.4. The molecule has 1 aromatic carbocycles. The number of anilines is 2. The summed E-state index contributed by atoms with van der Waals surface area (Å²) in [6, 6.07) is 7.45. The number of carboxylic acid groups (broad SMARTS) is 1. The van der Waals surface area contributed by atoms with Gasteiger partial charge in [-0.3, -0.25) is 0 Å². The number of rotatable bonds is 6. The molecule has 0 spiro atoms. The average molecular weight is 479 g/mol. The molecule has 0 bridgehead atoms. The predicted molar refractivity (Wildman–Crippen MR) is 111 cm³/mol.